The van der Waals surface area contributed by atoms with Crippen LogP contribution in [0, 0.1) is 0 Å². The lowest BCUT2D eigenvalue weighted by Crippen LogP contribution is -2.21. The molecule has 0 aromatic carbocycles. The SMILES string of the molecule is O=C(O)CCNCCCCCCCCCCCCCCC1=CN(CCCCCCCCCCCCCc2cccnc2)CC=C1. The van der Waals surface area contributed by atoms with Crippen molar-refractivity contribution in [2.24, 2.45) is 0 Å². The number of hydrogen-bond acceptors (Lipinski definition) is 4. The van der Waals surface area contributed by atoms with Crippen molar-refractivity contribution in [1.29, 1.82) is 0 Å². The molecule has 0 unspecified atom stereocenters. The topological polar surface area (TPSA) is 65.5 Å². The zero-order valence-corrected chi connectivity index (χ0v) is 29.0. The normalized spacial score (nSPS) is 13.0. The summed E-state index contributed by atoms with van der Waals surface area (Å²) in [4.78, 5) is 17.2. The van der Waals surface area contributed by atoms with Crippen LogP contribution in [0.15, 0.2) is 48.5 Å². The zero-order chi connectivity index (χ0) is 31.9. The van der Waals surface area contributed by atoms with Gasteiger partial charge in [-0.3, -0.25) is 9.78 Å². The number of nitrogens with zero attached hydrogens (tertiary/aromatic N) is 2. The number of hydrogen-bond donors (Lipinski definition) is 2. The van der Waals surface area contributed by atoms with Crippen LogP contribution in [0.25, 0.3) is 0 Å². The quantitative estimate of drug-likeness (QED) is 0.0782. The fourth-order valence-corrected chi connectivity index (χ4v) is 6.42. The lowest BCUT2D eigenvalue weighted by atomic mass is 10.0. The Hall–Kier alpha value is -2.14. The number of carbonyl (C=O) groups is 1. The predicted octanol–water partition coefficient (Wildman–Crippen LogP) is 10.8. The summed E-state index contributed by atoms with van der Waals surface area (Å²) in [6.45, 7) is 3.87. The number of pyridine rings is 1. The molecule has 1 aromatic rings. The van der Waals surface area contributed by atoms with E-state index < -0.39 is 5.97 Å². The van der Waals surface area contributed by atoms with Gasteiger partial charge in [0.1, 0.15) is 0 Å². The zero-order valence-electron chi connectivity index (χ0n) is 29.0. The summed E-state index contributed by atoms with van der Waals surface area (Å²) in [5.41, 5.74) is 2.92. The lowest BCUT2D eigenvalue weighted by molar-refractivity contribution is -0.136. The maximum absolute atomic E-state index is 10.5. The molecule has 0 saturated heterocycles. The van der Waals surface area contributed by atoms with Crippen LogP contribution in [0.2, 0.25) is 0 Å². The van der Waals surface area contributed by atoms with E-state index in [0.717, 1.165) is 13.1 Å². The van der Waals surface area contributed by atoms with Crippen LogP contribution in [0.4, 0.5) is 0 Å². The van der Waals surface area contributed by atoms with Gasteiger partial charge in [-0.05, 0) is 62.3 Å². The van der Waals surface area contributed by atoms with Crippen molar-refractivity contribution in [3.8, 4) is 0 Å². The van der Waals surface area contributed by atoms with Crippen LogP contribution >= 0.6 is 0 Å². The molecule has 0 saturated carbocycles. The summed E-state index contributed by atoms with van der Waals surface area (Å²) >= 11 is 0. The molecule has 2 heterocycles. The smallest absolute Gasteiger partial charge is 0.304 e. The molecule has 0 spiro atoms. The number of carboxylic acids is 1. The van der Waals surface area contributed by atoms with Gasteiger partial charge in [0.2, 0.25) is 0 Å². The van der Waals surface area contributed by atoms with E-state index in [1.165, 1.54) is 178 Å². The maximum atomic E-state index is 10.5. The van der Waals surface area contributed by atoms with Crippen LogP contribution in [0.3, 0.4) is 0 Å². The second kappa shape index (κ2) is 29.3. The molecular formula is C40H69N3O2. The standard InChI is InChI=1S/C40H69N3O2/c44-40(45)30-33-41-31-22-18-14-10-6-2-1-4-9-13-17-21-27-39-29-25-35-43(37-39)34-23-19-15-11-7-3-5-8-12-16-20-26-38-28-24-32-42-36-38/h24-25,28-29,32,36-37,41H,1-23,26-27,30-31,33-35H2,(H,44,45). The van der Waals surface area contributed by atoms with Crippen molar-refractivity contribution in [3.63, 3.8) is 0 Å². The first kappa shape index (κ1) is 39.0. The summed E-state index contributed by atoms with van der Waals surface area (Å²) in [7, 11) is 0. The Balaban J connectivity index is 1.28. The first-order valence-corrected chi connectivity index (χ1v) is 19.2. The van der Waals surface area contributed by atoms with Gasteiger partial charge in [0, 0.05) is 38.2 Å². The van der Waals surface area contributed by atoms with Crippen molar-refractivity contribution in [3.05, 3.63) is 54.0 Å². The van der Waals surface area contributed by atoms with E-state index >= 15 is 0 Å². The first-order chi connectivity index (χ1) is 22.2. The molecule has 0 bridgehead atoms. The molecule has 1 aromatic heterocycles. The van der Waals surface area contributed by atoms with Crippen LogP contribution in [-0.2, 0) is 11.2 Å². The van der Waals surface area contributed by atoms with Gasteiger partial charge in [-0.15, -0.1) is 0 Å². The van der Waals surface area contributed by atoms with Crippen molar-refractivity contribution in [2.45, 2.75) is 167 Å². The molecule has 2 rings (SSSR count). The molecule has 0 atom stereocenters. The Kier molecular flexibility index (Phi) is 25.4. The lowest BCUT2D eigenvalue weighted by Gasteiger charge is -2.23. The van der Waals surface area contributed by atoms with Crippen molar-refractivity contribution in [2.75, 3.05) is 26.2 Å². The number of unbranched alkanes of at least 4 members (excludes halogenated alkanes) is 21. The highest BCUT2D eigenvalue weighted by molar-refractivity contribution is 5.66. The Morgan fingerprint density at radius 3 is 1.78 bits per heavy atom. The number of rotatable bonds is 32. The molecule has 0 amide bonds. The van der Waals surface area contributed by atoms with Gasteiger partial charge in [0.15, 0.2) is 0 Å². The van der Waals surface area contributed by atoms with E-state index in [-0.39, 0.29) is 6.42 Å². The maximum Gasteiger partial charge on any atom is 0.304 e. The molecule has 0 aliphatic carbocycles. The minimum absolute atomic E-state index is 0.227. The minimum Gasteiger partial charge on any atom is -0.481 e. The molecule has 5 heteroatoms. The first-order valence-electron chi connectivity index (χ1n) is 19.2. The van der Waals surface area contributed by atoms with Crippen molar-refractivity contribution >= 4 is 5.97 Å². The highest BCUT2D eigenvalue weighted by atomic mass is 16.4. The van der Waals surface area contributed by atoms with E-state index in [0.29, 0.717) is 6.54 Å². The van der Waals surface area contributed by atoms with Gasteiger partial charge in [0.25, 0.3) is 0 Å². The molecule has 1 aliphatic heterocycles. The number of aromatic nitrogens is 1. The summed E-state index contributed by atoms with van der Waals surface area (Å²) in [5.74, 6) is -0.716. The van der Waals surface area contributed by atoms with E-state index in [2.05, 4.69) is 39.6 Å². The Morgan fingerprint density at radius 1 is 0.689 bits per heavy atom. The van der Waals surface area contributed by atoms with Gasteiger partial charge in [0.05, 0.1) is 6.42 Å². The Bertz CT molecular complexity index is 870. The van der Waals surface area contributed by atoms with E-state index in [9.17, 15) is 4.79 Å². The fourth-order valence-electron chi connectivity index (χ4n) is 6.42. The van der Waals surface area contributed by atoms with Gasteiger partial charge >= 0.3 is 5.97 Å². The van der Waals surface area contributed by atoms with Crippen LogP contribution < -0.4 is 5.32 Å². The van der Waals surface area contributed by atoms with E-state index in [1.807, 2.05) is 18.5 Å². The minimum atomic E-state index is -0.716. The number of carboxylic acid groups (broad SMARTS) is 1. The van der Waals surface area contributed by atoms with Crippen LogP contribution in [0.1, 0.15) is 166 Å². The third kappa shape index (κ3) is 24.7. The largest absolute Gasteiger partial charge is 0.481 e. The van der Waals surface area contributed by atoms with Crippen LogP contribution in [-0.4, -0.2) is 47.1 Å². The van der Waals surface area contributed by atoms with Gasteiger partial charge in [-0.2, -0.15) is 0 Å². The molecular weight excluding hydrogens is 554 g/mol. The van der Waals surface area contributed by atoms with Gasteiger partial charge < -0.3 is 15.3 Å². The predicted molar refractivity (Wildman–Crippen MR) is 193 cm³/mol. The number of aryl methyl sites for hydroxylation is 1. The summed E-state index contributed by atoms with van der Waals surface area (Å²) in [6.07, 6.45) is 45.1. The van der Waals surface area contributed by atoms with E-state index in [4.69, 9.17) is 5.11 Å². The molecule has 0 fully saturated rings. The summed E-state index contributed by atoms with van der Waals surface area (Å²) < 4.78 is 0. The average molecular weight is 624 g/mol. The molecule has 2 N–H and O–H groups in total. The molecule has 1 aliphatic rings. The second-order valence-electron chi connectivity index (χ2n) is 13.5. The molecule has 256 valence electrons. The van der Waals surface area contributed by atoms with Crippen LogP contribution in [0.5, 0.6) is 0 Å². The highest BCUT2D eigenvalue weighted by Crippen LogP contribution is 2.18. The van der Waals surface area contributed by atoms with Crippen molar-refractivity contribution < 1.29 is 9.90 Å². The monoisotopic (exact) mass is 624 g/mol. The summed E-state index contributed by atoms with van der Waals surface area (Å²) in [6, 6.07) is 4.24. The summed E-state index contributed by atoms with van der Waals surface area (Å²) in [5, 5.41) is 11.8. The number of aliphatic carboxylic acids is 1. The van der Waals surface area contributed by atoms with E-state index in [1.54, 1.807) is 0 Å². The fraction of sp³-hybridized carbons (Fsp3) is 0.750. The second-order valence-corrected chi connectivity index (χ2v) is 13.5. The van der Waals surface area contributed by atoms with Gasteiger partial charge in [-0.1, -0.05) is 140 Å². The number of nitrogens with one attached hydrogen (secondary N) is 1. The Morgan fingerprint density at radius 2 is 1.22 bits per heavy atom. The molecule has 45 heavy (non-hydrogen) atoms. The third-order valence-electron chi connectivity index (χ3n) is 9.24. The number of allylic oxidation sites excluding steroid dienone is 2. The average Bonchev–Trinajstić information content (AvgIpc) is 3.05. The third-order valence-corrected chi connectivity index (χ3v) is 9.24. The van der Waals surface area contributed by atoms with Gasteiger partial charge in [-0.25, -0.2) is 0 Å². The molecule has 0 radical (unpaired) electrons. The highest BCUT2D eigenvalue weighted by Gasteiger charge is 2.05. The Labute approximate surface area is 277 Å². The van der Waals surface area contributed by atoms with Crippen molar-refractivity contribution in [1.82, 2.24) is 15.2 Å². The molecule has 5 nitrogen and oxygen atoms in total.